The van der Waals surface area contributed by atoms with Crippen LogP contribution in [-0.4, -0.2) is 64.9 Å². The summed E-state index contributed by atoms with van der Waals surface area (Å²) in [5, 5.41) is 3.13. The van der Waals surface area contributed by atoms with Crippen molar-refractivity contribution >= 4 is 23.2 Å². The van der Waals surface area contributed by atoms with Crippen LogP contribution in [0, 0.1) is 12.8 Å². The molecule has 0 aromatic carbocycles. The lowest BCUT2D eigenvalue weighted by atomic mass is 9.98. The summed E-state index contributed by atoms with van der Waals surface area (Å²) in [6.07, 6.45) is 4.00. The number of hydrogen-bond donors (Lipinski definition) is 1. The molecule has 3 rings (SSSR count). The molecule has 26 heavy (non-hydrogen) atoms. The van der Waals surface area contributed by atoms with E-state index in [1.807, 2.05) is 18.7 Å². The van der Waals surface area contributed by atoms with Gasteiger partial charge in [0.2, 0.25) is 5.91 Å². The van der Waals surface area contributed by atoms with E-state index in [9.17, 15) is 9.59 Å². The van der Waals surface area contributed by atoms with Gasteiger partial charge in [-0.2, -0.15) is 0 Å². The standard InChI is InChI=1S/C19H30N4O2S/c1-13-4-8-23(9-5-13)19(25)15(3)22-10-6-16(7-11-22)21-18(24)17-14(2)20-12-26-17/h12-13,15-16H,4-11H2,1-3H3,(H,21,24). The number of rotatable bonds is 4. The average molecular weight is 379 g/mol. The lowest BCUT2D eigenvalue weighted by Gasteiger charge is -2.39. The molecule has 2 fully saturated rings. The molecule has 2 aliphatic heterocycles. The van der Waals surface area contributed by atoms with E-state index in [0.717, 1.165) is 63.5 Å². The molecule has 1 N–H and O–H groups in total. The number of nitrogens with one attached hydrogen (secondary N) is 1. The highest BCUT2D eigenvalue weighted by molar-refractivity contribution is 7.11. The highest BCUT2D eigenvalue weighted by Gasteiger charge is 2.31. The van der Waals surface area contributed by atoms with Crippen LogP contribution in [0.2, 0.25) is 0 Å². The van der Waals surface area contributed by atoms with E-state index in [1.165, 1.54) is 11.3 Å². The number of likely N-dealkylation sites (tertiary alicyclic amines) is 2. The molecule has 0 aliphatic carbocycles. The topological polar surface area (TPSA) is 65.5 Å². The maximum atomic E-state index is 12.8. The number of piperidine rings is 2. The molecule has 0 bridgehead atoms. The molecule has 2 amide bonds. The first-order chi connectivity index (χ1) is 12.5. The Morgan fingerprint density at radius 1 is 1.19 bits per heavy atom. The largest absolute Gasteiger partial charge is 0.348 e. The van der Waals surface area contributed by atoms with E-state index in [-0.39, 0.29) is 23.9 Å². The second-order valence-electron chi connectivity index (χ2n) is 7.73. The lowest BCUT2D eigenvalue weighted by molar-refractivity contribution is -0.138. The van der Waals surface area contributed by atoms with Crippen molar-refractivity contribution in [1.29, 1.82) is 0 Å². The number of amides is 2. The Kier molecular flexibility index (Phi) is 6.29. The zero-order valence-electron chi connectivity index (χ0n) is 16.0. The average Bonchev–Trinajstić information content (AvgIpc) is 3.08. The molecular weight excluding hydrogens is 348 g/mol. The SMILES string of the molecule is Cc1ncsc1C(=O)NC1CCN(C(C)C(=O)N2CCC(C)CC2)CC1. The molecule has 2 saturated heterocycles. The second kappa shape index (κ2) is 8.48. The maximum absolute atomic E-state index is 12.8. The van der Waals surface area contributed by atoms with Crippen LogP contribution < -0.4 is 5.32 Å². The fourth-order valence-electron chi connectivity index (χ4n) is 3.85. The molecule has 1 unspecified atom stereocenters. The molecule has 144 valence electrons. The first-order valence-electron chi connectivity index (χ1n) is 9.69. The van der Waals surface area contributed by atoms with Crippen LogP contribution in [0.25, 0.3) is 0 Å². The number of carbonyl (C=O) groups is 2. The molecule has 0 spiro atoms. The van der Waals surface area contributed by atoms with Gasteiger partial charge in [-0.3, -0.25) is 14.5 Å². The van der Waals surface area contributed by atoms with Gasteiger partial charge in [0.15, 0.2) is 0 Å². The van der Waals surface area contributed by atoms with Crippen molar-refractivity contribution in [2.24, 2.45) is 5.92 Å². The maximum Gasteiger partial charge on any atom is 0.263 e. The monoisotopic (exact) mass is 378 g/mol. The van der Waals surface area contributed by atoms with Crippen molar-refractivity contribution in [1.82, 2.24) is 20.1 Å². The van der Waals surface area contributed by atoms with Gasteiger partial charge in [-0.1, -0.05) is 6.92 Å². The highest BCUT2D eigenvalue weighted by Crippen LogP contribution is 2.20. The van der Waals surface area contributed by atoms with E-state index in [1.54, 1.807) is 5.51 Å². The fraction of sp³-hybridized carbons (Fsp3) is 0.737. The number of aryl methyl sites for hydroxylation is 1. The quantitative estimate of drug-likeness (QED) is 0.873. The Morgan fingerprint density at radius 3 is 2.42 bits per heavy atom. The van der Waals surface area contributed by atoms with Crippen LogP contribution in [0.4, 0.5) is 0 Å². The van der Waals surface area contributed by atoms with Crippen LogP contribution in [-0.2, 0) is 4.79 Å². The van der Waals surface area contributed by atoms with Crippen LogP contribution in [0.3, 0.4) is 0 Å². The van der Waals surface area contributed by atoms with E-state index in [0.29, 0.717) is 4.88 Å². The Balaban J connectivity index is 1.46. The van der Waals surface area contributed by atoms with Crippen molar-refractivity contribution in [3.8, 4) is 0 Å². The lowest BCUT2D eigenvalue weighted by Crippen LogP contribution is -2.53. The Hall–Kier alpha value is -1.47. The summed E-state index contributed by atoms with van der Waals surface area (Å²) in [5.41, 5.74) is 2.50. The van der Waals surface area contributed by atoms with Gasteiger partial charge < -0.3 is 10.2 Å². The van der Waals surface area contributed by atoms with E-state index < -0.39 is 0 Å². The first kappa shape index (κ1) is 19.3. The molecule has 1 aromatic heterocycles. The third kappa shape index (κ3) is 4.43. The first-order valence-corrected chi connectivity index (χ1v) is 10.6. The molecule has 7 heteroatoms. The van der Waals surface area contributed by atoms with Crippen LogP contribution in [0.1, 0.15) is 54.9 Å². The van der Waals surface area contributed by atoms with Gasteiger partial charge in [0.25, 0.3) is 5.91 Å². The van der Waals surface area contributed by atoms with Gasteiger partial charge in [-0.25, -0.2) is 4.98 Å². The van der Waals surface area contributed by atoms with Gasteiger partial charge >= 0.3 is 0 Å². The van der Waals surface area contributed by atoms with Crippen LogP contribution in [0.5, 0.6) is 0 Å². The normalized spacial score (nSPS) is 21.6. The number of thiazole rings is 1. The van der Waals surface area contributed by atoms with Crippen molar-refractivity contribution < 1.29 is 9.59 Å². The number of nitrogens with zero attached hydrogens (tertiary/aromatic N) is 3. The number of aromatic nitrogens is 1. The third-order valence-corrected chi connectivity index (χ3v) is 6.74. The van der Waals surface area contributed by atoms with Gasteiger partial charge in [-0.05, 0) is 45.4 Å². The summed E-state index contributed by atoms with van der Waals surface area (Å²) in [6, 6.07) is 0.113. The van der Waals surface area contributed by atoms with E-state index in [4.69, 9.17) is 0 Å². The molecule has 3 heterocycles. The van der Waals surface area contributed by atoms with Crippen molar-refractivity contribution in [3.63, 3.8) is 0 Å². The minimum Gasteiger partial charge on any atom is -0.348 e. The summed E-state index contributed by atoms with van der Waals surface area (Å²) < 4.78 is 0. The van der Waals surface area contributed by atoms with Crippen molar-refractivity contribution in [3.05, 3.63) is 16.1 Å². The van der Waals surface area contributed by atoms with Crippen LogP contribution in [0.15, 0.2) is 5.51 Å². The summed E-state index contributed by atoms with van der Waals surface area (Å²) in [7, 11) is 0. The molecule has 6 nitrogen and oxygen atoms in total. The van der Waals surface area contributed by atoms with Gasteiger partial charge in [0.1, 0.15) is 4.88 Å². The molecular formula is C19H30N4O2S. The van der Waals surface area contributed by atoms with Crippen molar-refractivity contribution in [2.45, 2.75) is 58.5 Å². The van der Waals surface area contributed by atoms with Gasteiger partial charge in [0.05, 0.1) is 17.2 Å². The van der Waals surface area contributed by atoms with E-state index in [2.05, 4.69) is 22.1 Å². The van der Waals surface area contributed by atoms with Gasteiger partial charge in [-0.15, -0.1) is 11.3 Å². The predicted octanol–water partition coefficient (Wildman–Crippen LogP) is 2.29. The minimum absolute atomic E-state index is 0.0185. The van der Waals surface area contributed by atoms with Crippen molar-refractivity contribution in [2.75, 3.05) is 26.2 Å². The number of carbonyl (C=O) groups excluding carboxylic acids is 2. The third-order valence-electron chi connectivity index (χ3n) is 5.82. The molecule has 1 aromatic rings. The minimum atomic E-state index is -0.0659. The number of hydrogen-bond acceptors (Lipinski definition) is 5. The molecule has 2 aliphatic rings. The highest BCUT2D eigenvalue weighted by atomic mass is 32.1. The fourth-order valence-corrected chi connectivity index (χ4v) is 4.56. The molecule has 1 atom stereocenters. The Labute approximate surface area is 160 Å². The second-order valence-corrected chi connectivity index (χ2v) is 8.59. The summed E-state index contributed by atoms with van der Waals surface area (Å²) in [4.78, 5) is 34.2. The predicted molar refractivity (Wildman–Crippen MR) is 103 cm³/mol. The summed E-state index contributed by atoms with van der Waals surface area (Å²) in [6.45, 7) is 9.64. The molecule has 0 saturated carbocycles. The van der Waals surface area contributed by atoms with Gasteiger partial charge in [0, 0.05) is 32.2 Å². The zero-order valence-corrected chi connectivity index (χ0v) is 16.8. The summed E-state index contributed by atoms with van der Waals surface area (Å²) >= 11 is 1.39. The zero-order chi connectivity index (χ0) is 18.7. The Morgan fingerprint density at radius 2 is 1.85 bits per heavy atom. The van der Waals surface area contributed by atoms with E-state index >= 15 is 0 Å². The smallest absolute Gasteiger partial charge is 0.263 e. The molecule has 0 radical (unpaired) electrons. The summed E-state index contributed by atoms with van der Waals surface area (Å²) in [5.74, 6) is 0.977. The van der Waals surface area contributed by atoms with Crippen LogP contribution >= 0.6 is 11.3 Å². The Bertz CT molecular complexity index is 631.